The molecule has 4 nitrogen and oxygen atoms in total. The molecule has 1 N–H and O–H groups in total. The van der Waals surface area contributed by atoms with Crippen molar-refractivity contribution in [2.24, 2.45) is 5.92 Å². The van der Waals surface area contributed by atoms with Crippen molar-refractivity contribution in [2.45, 2.75) is 58.0 Å². The van der Waals surface area contributed by atoms with Crippen molar-refractivity contribution in [3.63, 3.8) is 0 Å². The number of aryl methyl sites for hydroxylation is 1. The van der Waals surface area contributed by atoms with Crippen LogP contribution in [0.15, 0.2) is 6.20 Å². The van der Waals surface area contributed by atoms with Crippen LogP contribution in [0.2, 0.25) is 0 Å². The van der Waals surface area contributed by atoms with E-state index < -0.39 is 0 Å². The van der Waals surface area contributed by atoms with Crippen molar-refractivity contribution in [1.29, 1.82) is 0 Å². The molecular formula is C13H24N4. The highest BCUT2D eigenvalue weighted by Gasteiger charge is 2.26. The summed E-state index contributed by atoms with van der Waals surface area (Å²) in [6.07, 6.45) is 9.87. The molecule has 0 amide bonds. The number of rotatable bonds is 5. The first-order valence-electron chi connectivity index (χ1n) is 6.92. The fraction of sp³-hybridized carbons (Fsp3) is 0.846. The summed E-state index contributed by atoms with van der Waals surface area (Å²) in [5.74, 6) is 0.753. The van der Waals surface area contributed by atoms with E-state index >= 15 is 0 Å². The van der Waals surface area contributed by atoms with Crippen LogP contribution < -0.4 is 5.32 Å². The monoisotopic (exact) mass is 236 g/mol. The summed E-state index contributed by atoms with van der Waals surface area (Å²) >= 11 is 0. The van der Waals surface area contributed by atoms with Gasteiger partial charge in [-0.2, -0.15) is 0 Å². The fourth-order valence-electron chi connectivity index (χ4n) is 2.98. The summed E-state index contributed by atoms with van der Waals surface area (Å²) in [7, 11) is 2.06. The third-order valence-electron chi connectivity index (χ3n) is 3.83. The number of aromatic nitrogens is 3. The lowest BCUT2D eigenvalue weighted by Gasteiger charge is -2.30. The standard InChI is InChI=1S/C13H24N4/c1-3-9-17-12(10-15-16-17)13(14-2)11-7-5-4-6-8-11/h10-11,13-14H,3-9H2,1-2H3. The zero-order chi connectivity index (χ0) is 12.1. The quantitative estimate of drug-likeness (QED) is 0.854. The van der Waals surface area contributed by atoms with Crippen LogP contribution in [0.5, 0.6) is 0 Å². The van der Waals surface area contributed by atoms with E-state index in [-0.39, 0.29) is 0 Å². The summed E-state index contributed by atoms with van der Waals surface area (Å²) in [5, 5.41) is 11.7. The van der Waals surface area contributed by atoms with Gasteiger partial charge in [0, 0.05) is 6.54 Å². The molecule has 96 valence electrons. The number of nitrogens with one attached hydrogen (secondary N) is 1. The summed E-state index contributed by atoms with van der Waals surface area (Å²) in [6.45, 7) is 3.15. The summed E-state index contributed by atoms with van der Waals surface area (Å²) < 4.78 is 2.07. The van der Waals surface area contributed by atoms with Crippen LogP contribution in [0, 0.1) is 5.92 Å². The van der Waals surface area contributed by atoms with Crippen molar-refractivity contribution in [2.75, 3.05) is 7.05 Å². The zero-order valence-corrected chi connectivity index (χ0v) is 11.0. The summed E-state index contributed by atoms with van der Waals surface area (Å²) in [6, 6.07) is 0.428. The molecule has 0 spiro atoms. The third kappa shape index (κ3) is 2.86. The minimum absolute atomic E-state index is 0.428. The van der Waals surface area contributed by atoms with Crippen LogP contribution >= 0.6 is 0 Å². The Morgan fingerprint density at radius 3 is 2.82 bits per heavy atom. The van der Waals surface area contributed by atoms with Crippen LogP contribution in [0.25, 0.3) is 0 Å². The number of nitrogens with zero attached hydrogens (tertiary/aromatic N) is 3. The van der Waals surface area contributed by atoms with Gasteiger partial charge in [-0.05, 0) is 32.2 Å². The highest BCUT2D eigenvalue weighted by Crippen LogP contribution is 2.33. The Kier molecular flexibility index (Phi) is 4.54. The normalized spacial score (nSPS) is 19.4. The van der Waals surface area contributed by atoms with E-state index in [9.17, 15) is 0 Å². The van der Waals surface area contributed by atoms with Gasteiger partial charge in [-0.1, -0.05) is 31.4 Å². The van der Waals surface area contributed by atoms with Gasteiger partial charge < -0.3 is 5.32 Å². The second-order valence-corrected chi connectivity index (χ2v) is 5.05. The second kappa shape index (κ2) is 6.15. The van der Waals surface area contributed by atoms with Gasteiger partial charge in [0.15, 0.2) is 0 Å². The molecule has 1 aromatic heterocycles. The highest BCUT2D eigenvalue weighted by atomic mass is 15.4. The zero-order valence-electron chi connectivity index (χ0n) is 11.0. The van der Waals surface area contributed by atoms with Gasteiger partial charge in [0.25, 0.3) is 0 Å². The molecule has 0 aliphatic heterocycles. The molecule has 0 radical (unpaired) electrons. The molecule has 1 aliphatic carbocycles. The van der Waals surface area contributed by atoms with E-state index in [1.807, 2.05) is 6.20 Å². The van der Waals surface area contributed by atoms with E-state index in [1.165, 1.54) is 37.8 Å². The minimum Gasteiger partial charge on any atom is -0.311 e. The second-order valence-electron chi connectivity index (χ2n) is 5.05. The molecule has 17 heavy (non-hydrogen) atoms. The van der Waals surface area contributed by atoms with Gasteiger partial charge in [-0.3, -0.25) is 0 Å². The Hall–Kier alpha value is -0.900. The largest absolute Gasteiger partial charge is 0.311 e. The van der Waals surface area contributed by atoms with E-state index in [1.54, 1.807) is 0 Å². The van der Waals surface area contributed by atoms with Gasteiger partial charge in [-0.15, -0.1) is 5.10 Å². The van der Waals surface area contributed by atoms with E-state index in [0.717, 1.165) is 18.9 Å². The van der Waals surface area contributed by atoms with Crippen LogP contribution in [0.3, 0.4) is 0 Å². The molecule has 1 unspecified atom stereocenters. The van der Waals surface area contributed by atoms with Crippen LogP contribution in [-0.4, -0.2) is 22.0 Å². The molecule has 1 fully saturated rings. The van der Waals surface area contributed by atoms with E-state index in [4.69, 9.17) is 0 Å². The van der Waals surface area contributed by atoms with Crippen molar-refractivity contribution >= 4 is 0 Å². The van der Waals surface area contributed by atoms with Gasteiger partial charge in [0.05, 0.1) is 17.9 Å². The SMILES string of the molecule is CCCn1nncc1C(NC)C1CCCCC1. The Balaban J connectivity index is 2.12. The van der Waals surface area contributed by atoms with Crippen molar-refractivity contribution in [3.8, 4) is 0 Å². The minimum atomic E-state index is 0.428. The molecule has 1 atom stereocenters. The smallest absolute Gasteiger partial charge is 0.0759 e. The lowest BCUT2D eigenvalue weighted by atomic mass is 9.83. The predicted molar refractivity (Wildman–Crippen MR) is 68.7 cm³/mol. The Morgan fingerprint density at radius 2 is 2.18 bits per heavy atom. The molecule has 0 saturated heterocycles. The van der Waals surface area contributed by atoms with E-state index in [2.05, 4.69) is 34.3 Å². The van der Waals surface area contributed by atoms with Crippen LogP contribution in [-0.2, 0) is 6.54 Å². The van der Waals surface area contributed by atoms with Crippen molar-refractivity contribution < 1.29 is 0 Å². The molecular weight excluding hydrogens is 212 g/mol. The van der Waals surface area contributed by atoms with Crippen molar-refractivity contribution in [1.82, 2.24) is 20.3 Å². The molecule has 2 rings (SSSR count). The van der Waals surface area contributed by atoms with Gasteiger partial charge in [0.2, 0.25) is 0 Å². The Bertz CT molecular complexity index is 328. The predicted octanol–water partition coefficient (Wildman–Crippen LogP) is 2.53. The van der Waals surface area contributed by atoms with Crippen LogP contribution in [0.1, 0.15) is 57.2 Å². The highest BCUT2D eigenvalue weighted by molar-refractivity contribution is 5.04. The molecule has 4 heteroatoms. The topological polar surface area (TPSA) is 42.7 Å². The summed E-state index contributed by atoms with van der Waals surface area (Å²) in [5.41, 5.74) is 1.27. The fourth-order valence-corrected chi connectivity index (χ4v) is 2.98. The first kappa shape index (κ1) is 12.6. The average molecular weight is 236 g/mol. The third-order valence-corrected chi connectivity index (χ3v) is 3.83. The van der Waals surface area contributed by atoms with Crippen LogP contribution in [0.4, 0.5) is 0 Å². The first-order chi connectivity index (χ1) is 8.36. The molecule has 1 saturated carbocycles. The number of hydrogen-bond acceptors (Lipinski definition) is 3. The molecule has 1 aromatic rings. The summed E-state index contributed by atoms with van der Waals surface area (Å²) in [4.78, 5) is 0. The van der Waals surface area contributed by atoms with Crippen molar-refractivity contribution in [3.05, 3.63) is 11.9 Å². The Labute approximate surface area is 104 Å². The van der Waals surface area contributed by atoms with Gasteiger partial charge >= 0.3 is 0 Å². The lowest BCUT2D eigenvalue weighted by molar-refractivity contribution is 0.270. The maximum absolute atomic E-state index is 4.20. The molecule has 1 aliphatic rings. The Morgan fingerprint density at radius 1 is 1.41 bits per heavy atom. The van der Waals surface area contributed by atoms with E-state index in [0.29, 0.717) is 6.04 Å². The molecule has 1 heterocycles. The maximum Gasteiger partial charge on any atom is 0.0759 e. The average Bonchev–Trinajstić information content (AvgIpc) is 2.81. The van der Waals surface area contributed by atoms with Gasteiger partial charge in [-0.25, -0.2) is 4.68 Å². The molecule has 0 aromatic carbocycles. The molecule has 0 bridgehead atoms. The van der Waals surface area contributed by atoms with Gasteiger partial charge in [0.1, 0.15) is 0 Å². The number of hydrogen-bond donors (Lipinski definition) is 1. The maximum atomic E-state index is 4.20. The first-order valence-corrected chi connectivity index (χ1v) is 6.92. The lowest BCUT2D eigenvalue weighted by Crippen LogP contribution is -2.29.